The van der Waals surface area contributed by atoms with Crippen LogP contribution in [-0.4, -0.2) is 46.5 Å². The van der Waals surface area contributed by atoms with Crippen LogP contribution in [-0.2, 0) is 0 Å². The van der Waals surface area contributed by atoms with Gasteiger partial charge in [0.15, 0.2) is 5.69 Å². The largest absolute Gasteiger partial charge is 0.352 e. The highest BCUT2D eigenvalue weighted by atomic mass is 35.5. The molecule has 3 heterocycles. The number of aromatic nitrogens is 2. The van der Waals surface area contributed by atoms with Crippen LogP contribution in [0.15, 0.2) is 11.4 Å². The van der Waals surface area contributed by atoms with Crippen LogP contribution >= 0.6 is 22.9 Å². The molecule has 0 spiro atoms. The minimum atomic E-state index is -0.171. The third-order valence-corrected chi connectivity index (χ3v) is 5.28. The molecule has 3 rings (SSSR count). The number of aryl methyl sites for hydroxylation is 2. The van der Waals surface area contributed by atoms with E-state index in [0.717, 1.165) is 10.4 Å². The van der Waals surface area contributed by atoms with Crippen LogP contribution in [0.3, 0.4) is 0 Å². The van der Waals surface area contributed by atoms with Crippen molar-refractivity contribution in [2.45, 2.75) is 13.8 Å². The Morgan fingerprint density at radius 3 is 2.78 bits per heavy atom. The number of nitrogens with one attached hydrogen (secondary N) is 2. The van der Waals surface area contributed by atoms with Gasteiger partial charge in [0.1, 0.15) is 0 Å². The monoisotopic (exact) mass is 352 g/mol. The summed E-state index contributed by atoms with van der Waals surface area (Å²) in [7, 11) is 0. The Morgan fingerprint density at radius 1 is 1.48 bits per heavy atom. The van der Waals surface area contributed by atoms with Gasteiger partial charge in [0.05, 0.1) is 16.3 Å². The predicted molar refractivity (Wildman–Crippen MR) is 89.1 cm³/mol. The molecule has 0 unspecified atom stereocenters. The van der Waals surface area contributed by atoms with E-state index in [1.165, 1.54) is 0 Å². The Hall–Kier alpha value is -1.86. The van der Waals surface area contributed by atoms with Crippen LogP contribution in [0.25, 0.3) is 0 Å². The van der Waals surface area contributed by atoms with E-state index in [1.807, 2.05) is 18.4 Å². The average Bonchev–Trinajstić information content (AvgIpc) is 3.04. The molecule has 0 bridgehead atoms. The highest BCUT2D eigenvalue weighted by Gasteiger charge is 2.33. The van der Waals surface area contributed by atoms with E-state index in [9.17, 15) is 9.59 Å². The van der Waals surface area contributed by atoms with Crippen LogP contribution in [0.2, 0.25) is 5.02 Å². The van der Waals surface area contributed by atoms with E-state index >= 15 is 0 Å². The molecule has 1 aliphatic rings. The molecule has 0 saturated carbocycles. The summed E-state index contributed by atoms with van der Waals surface area (Å²) in [4.78, 5) is 27.0. The van der Waals surface area contributed by atoms with Gasteiger partial charge in [-0.15, -0.1) is 11.3 Å². The van der Waals surface area contributed by atoms with E-state index in [2.05, 4.69) is 15.5 Å². The van der Waals surface area contributed by atoms with Gasteiger partial charge in [-0.3, -0.25) is 14.7 Å². The summed E-state index contributed by atoms with van der Waals surface area (Å²) < 4.78 is 0. The van der Waals surface area contributed by atoms with Gasteiger partial charge in [0.2, 0.25) is 0 Å². The number of thiophene rings is 1. The number of carbonyl (C=O) groups excluding carboxylic acids is 2. The fraction of sp³-hybridized carbons (Fsp3) is 0.400. The third-order valence-electron chi connectivity index (χ3n) is 3.97. The number of rotatable bonds is 4. The summed E-state index contributed by atoms with van der Waals surface area (Å²) in [6.07, 6.45) is 0. The molecule has 1 fully saturated rings. The fourth-order valence-electron chi connectivity index (χ4n) is 2.52. The lowest BCUT2D eigenvalue weighted by Gasteiger charge is -2.38. The molecule has 122 valence electrons. The number of nitrogens with zero attached hydrogens (tertiary/aromatic N) is 2. The zero-order valence-electron chi connectivity index (χ0n) is 12.9. The molecule has 2 aromatic rings. The number of carbonyl (C=O) groups is 2. The fourth-order valence-corrected chi connectivity index (χ4v) is 3.39. The van der Waals surface area contributed by atoms with Crippen LogP contribution in [0.5, 0.6) is 0 Å². The van der Waals surface area contributed by atoms with E-state index in [4.69, 9.17) is 11.6 Å². The molecule has 2 amide bonds. The van der Waals surface area contributed by atoms with Crippen molar-refractivity contribution in [2.75, 3.05) is 19.6 Å². The van der Waals surface area contributed by atoms with Crippen molar-refractivity contribution in [2.24, 2.45) is 5.92 Å². The lowest BCUT2D eigenvalue weighted by Crippen LogP contribution is -2.53. The second-order valence-electron chi connectivity index (χ2n) is 5.69. The Labute approximate surface area is 142 Å². The number of hydrogen-bond acceptors (Lipinski definition) is 4. The van der Waals surface area contributed by atoms with Gasteiger partial charge in [-0.25, -0.2) is 0 Å². The molecule has 2 N–H and O–H groups in total. The molecule has 0 aliphatic carbocycles. The standard InChI is InChI=1S/C15H17ClN4O2S/c1-8-12(16)13(19-18-8)15(22)20-6-10(7-20)5-17-14(21)11-3-4-23-9(11)2/h3-4,10H,5-7H2,1-2H3,(H,17,21)(H,18,19). The summed E-state index contributed by atoms with van der Waals surface area (Å²) in [5.74, 6) is 0.0377. The molecule has 23 heavy (non-hydrogen) atoms. The van der Waals surface area contributed by atoms with Crippen LogP contribution in [0.4, 0.5) is 0 Å². The number of halogens is 1. The zero-order valence-corrected chi connectivity index (χ0v) is 14.4. The number of H-pyrrole nitrogens is 1. The summed E-state index contributed by atoms with van der Waals surface area (Å²) in [5, 5.41) is 11.9. The Kier molecular flexibility index (Phi) is 4.41. The maximum absolute atomic E-state index is 12.2. The first-order chi connectivity index (χ1) is 11.0. The first-order valence-electron chi connectivity index (χ1n) is 7.29. The van der Waals surface area contributed by atoms with Gasteiger partial charge in [0, 0.05) is 30.4 Å². The van der Waals surface area contributed by atoms with Crippen molar-refractivity contribution in [1.29, 1.82) is 0 Å². The quantitative estimate of drug-likeness (QED) is 0.885. The average molecular weight is 353 g/mol. The number of hydrogen-bond donors (Lipinski definition) is 2. The van der Waals surface area contributed by atoms with E-state index in [0.29, 0.717) is 30.4 Å². The van der Waals surface area contributed by atoms with Gasteiger partial charge in [-0.1, -0.05) is 11.6 Å². The highest BCUT2D eigenvalue weighted by Crippen LogP contribution is 2.23. The minimum absolute atomic E-state index is 0.0560. The van der Waals surface area contributed by atoms with Gasteiger partial charge < -0.3 is 10.2 Å². The van der Waals surface area contributed by atoms with Gasteiger partial charge in [0.25, 0.3) is 11.8 Å². The van der Waals surface area contributed by atoms with Crippen molar-refractivity contribution < 1.29 is 9.59 Å². The molecule has 0 radical (unpaired) electrons. The second kappa shape index (κ2) is 6.33. The second-order valence-corrected chi connectivity index (χ2v) is 7.19. The van der Waals surface area contributed by atoms with Crippen LogP contribution in [0, 0.1) is 19.8 Å². The molecule has 6 nitrogen and oxygen atoms in total. The van der Waals surface area contributed by atoms with Gasteiger partial charge in [-0.05, 0) is 25.3 Å². The summed E-state index contributed by atoms with van der Waals surface area (Å²) in [5.41, 5.74) is 1.67. The number of likely N-dealkylation sites (tertiary alicyclic amines) is 1. The molecular formula is C15H17ClN4O2S. The molecular weight excluding hydrogens is 336 g/mol. The van der Waals surface area contributed by atoms with Crippen LogP contribution in [0.1, 0.15) is 31.4 Å². The molecule has 0 atom stereocenters. The van der Waals surface area contributed by atoms with E-state index < -0.39 is 0 Å². The lowest BCUT2D eigenvalue weighted by atomic mass is 9.99. The SMILES string of the molecule is Cc1[nH]nc(C(=O)N2CC(CNC(=O)c3ccsc3C)C2)c1Cl. The van der Waals surface area contributed by atoms with Crippen molar-refractivity contribution in [3.05, 3.63) is 38.3 Å². The number of aromatic amines is 1. The summed E-state index contributed by atoms with van der Waals surface area (Å²) in [6, 6.07) is 1.83. The van der Waals surface area contributed by atoms with E-state index in [1.54, 1.807) is 23.2 Å². The Bertz CT molecular complexity index is 748. The zero-order chi connectivity index (χ0) is 16.6. The topological polar surface area (TPSA) is 78.1 Å². The predicted octanol–water partition coefficient (Wildman–Crippen LogP) is 2.24. The molecule has 2 aromatic heterocycles. The molecule has 8 heteroatoms. The molecule has 0 aromatic carbocycles. The Balaban J connectivity index is 1.48. The first kappa shape index (κ1) is 16.0. The van der Waals surface area contributed by atoms with Crippen LogP contribution < -0.4 is 5.32 Å². The van der Waals surface area contributed by atoms with Crippen molar-refractivity contribution >= 4 is 34.8 Å². The molecule has 1 saturated heterocycles. The maximum Gasteiger partial charge on any atom is 0.275 e. The normalized spacial score (nSPS) is 14.7. The third kappa shape index (κ3) is 3.11. The smallest absolute Gasteiger partial charge is 0.275 e. The highest BCUT2D eigenvalue weighted by molar-refractivity contribution is 7.10. The lowest BCUT2D eigenvalue weighted by molar-refractivity contribution is 0.0492. The summed E-state index contributed by atoms with van der Waals surface area (Å²) in [6.45, 7) is 5.46. The first-order valence-corrected chi connectivity index (χ1v) is 8.55. The Morgan fingerprint density at radius 2 is 2.22 bits per heavy atom. The minimum Gasteiger partial charge on any atom is -0.352 e. The summed E-state index contributed by atoms with van der Waals surface area (Å²) >= 11 is 7.60. The van der Waals surface area contributed by atoms with Gasteiger partial charge >= 0.3 is 0 Å². The van der Waals surface area contributed by atoms with Gasteiger partial charge in [-0.2, -0.15) is 5.10 Å². The van der Waals surface area contributed by atoms with E-state index in [-0.39, 0.29) is 23.4 Å². The van der Waals surface area contributed by atoms with Crippen molar-refractivity contribution in [1.82, 2.24) is 20.4 Å². The van der Waals surface area contributed by atoms with Crippen molar-refractivity contribution in [3.8, 4) is 0 Å². The maximum atomic E-state index is 12.2. The number of amides is 2. The van der Waals surface area contributed by atoms with Crippen molar-refractivity contribution in [3.63, 3.8) is 0 Å². The molecule has 1 aliphatic heterocycles.